The highest BCUT2D eigenvalue weighted by atomic mass is 32.2. The van der Waals surface area contributed by atoms with E-state index in [0.717, 1.165) is 15.8 Å². The summed E-state index contributed by atoms with van der Waals surface area (Å²) in [5, 5.41) is 3.11. The lowest BCUT2D eigenvalue weighted by molar-refractivity contribution is -0.138. The summed E-state index contributed by atoms with van der Waals surface area (Å²) in [7, 11) is 2.58. The van der Waals surface area contributed by atoms with E-state index in [2.05, 4.69) is 11.8 Å². The molecule has 0 N–H and O–H groups in total. The normalized spacial score (nSPS) is 19.1. The lowest BCUT2D eigenvalue weighted by Gasteiger charge is -2.13. The molecule has 2 heterocycles. The lowest BCUT2D eigenvalue weighted by Crippen LogP contribution is -2.09. The van der Waals surface area contributed by atoms with Crippen LogP contribution < -0.4 is 0 Å². The number of methoxy groups -OCH3 is 2. The van der Waals surface area contributed by atoms with Crippen molar-refractivity contribution in [3.05, 3.63) is 42.8 Å². The maximum Gasteiger partial charge on any atom is 0.346 e. The Morgan fingerprint density at radius 1 is 1.14 bits per heavy atom. The van der Waals surface area contributed by atoms with Gasteiger partial charge in [-0.1, -0.05) is 35.3 Å². The van der Waals surface area contributed by atoms with E-state index < -0.39 is 11.9 Å². The molecule has 22 heavy (non-hydrogen) atoms. The van der Waals surface area contributed by atoms with E-state index in [-0.39, 0.29) is 9.81 Å². The van der Waals surface area contributed by atoms with Crippen LogP contribution in [0.15, 0.2) is 42.8 Å². The first-order chi connectivity index (χ1) is 10.6. The molecule has 5 nitrogen and oxygen atoms in total. The molecule has 0 amide bonds. The zero-order valence-corrected chi connectivity index (χ0v) is 14.8. The molecule has 118 valence electrons. The largest absolute Gasteiger partial charge is 0.465 e. The van der Waals surface area contributed by atoms with Crippen molar-refractivity contribution in [1.82, 2.24) is 4.90 Å². The monoisotopic (exact) mass is 357 g/mol. The Morgan fingerprint density at radius 3 is 2.23 bits per heavy atom. The summed E-state index contributed by atoms with van der Waals surface area (Å²) in [6.45, 7) is 2.96. The van der Waals surface area contributed by atoms with Crippen LogP contribution in [-0.4, -0.2) is 37.6 Å². The molecule has 0 radical (unpaired) electrons. The highest BCUT2D eigenvalue weighted by Crippen LogP contribution is 2.50. The molecule has 2 rings (SSSR count). The molecule has 0 fully saturated rings. The Bertz CT molecular complexity index is 577. The molecular formula is C14H15NO4S3. The first kappa shape index (κ1) is 17.1. The Balaban J connectivity index is 2.17. The SMILES string of the molecule is CCN1C=CS/C1=C/C=C1SC(C(=O)OC)=C(C(=O)OC)S1. The summed E-state index contributed by atoms with van der Waals surface area (Å²) < 4.78 is 10.3. The van der Waals surface area contributed by atoms with Gasteiger partial charge in [0, 0.05) is 12.7 Å². The molecule has 0 aromatic rings. The zero-order chi connectivity index (χ0) is 16.1. The third-order valence-corrected chi connectivity index (χ3v) is 6.09. The number of allylic oxidation sites excluding steroid dienone is 2. The van der Waals surface area contributed by atoms with Gasteiger partial charge in [0.25, 0.3) is 0 Å². The Hall–Kier alpha value is -1.25. The molecule has 0 saturated carbocycles. The van der Waals surface area contributed by atoms with Crippen LogP contribution in [0.1, 0.15) is 6.92 Å². The van der Waals surface area contributed by atoms with Crippen LogP contribution in [0.3, 0.4) is 0 Å². The number of esters is 2. The van der Waals surface area contributed by atoms with Gasteiger partial charge in [0.05, 0.1) is 23.5 Å². The Morgan fingerprint density at radius 2 is 1.73 bits per heavy atom. The second kappa shape index (κ2) is 7.85. The quantitative estimate of drug-likeness (QED) is 0.711. The Labute approximate surface area is 141 Å². The number of carbonyl (C=O) groups is 2. The van der Waals surface area contributed by atoms with Gasteiger partial charge in [-0.05, 0) is 24.5 Å². The Kier molecular flexibility index (Phi) is 6.10. The van der Waals surface area contributed by atoms with Crippen LogP contribution >= 0.6 is 35.3 Å². The topological polar surface area (TPSA) is 55.8 Å². The fourth-order valence-corrected chi connectivity index (χ4v) is 4.78. The van der Waals surface area contributed by atoms with Gasteiger partial charge in [0.15, 0.2) is 0 Å². The van der Waals surface area contributed by atoms with Crippen molar-refractivity contribution in [2.45, 2.75) is 6.92 Å². The number of nitrogens with zero attached hydrogens (tertiary/aromatic N) is 1. The second-order valence-electron chi connectivity index (χ2n) is 4.03. The summed E-state index contributed by atoms with van der Waals surface area (Å²) in [6.07, 6.45) is 5.88. The fourth-order valence-electron chi connectivity index (χ4n) is 1.69. The third kappa shape index (κ3) is 3.74. The second-order valence-corrected chi connectivity index (χ2v) is 7.31. The van der Waals surface area contributed by atoms with Crippen LogP contribution in [0.5, 0.6) is 0 Å². The number of hydrogen-bond donors (Lipinski definition) is 0. The van der Waals surface area contributed by atoms with E-state index >= 15 is 0 Å². The number of rotatable bonds is 4. The van der Waals surface area contributed by atoms with E-state index in [1.54, 1.807) is 11.8 Å². The minimum absolute atomic E-state index is 0.272. The number of thioether (sulfide) groups is 3. The van der Waals surface area contributed by atoms with Crippen molar-refractivity contribution in [3.63, 3.8) is 0 Å². The summed E-state index contributed by atoms with van der Waals surface area (Å²) in [5.41, 5.74) is 0. The summed E-state index contributed by atoms with van der Waals surface area (Å²) in [4.78, 5) is 26.2. The van der Waals surface area contributed by atoms with Crippen LogP contribution in [-0.2, 0) is 19.1 Å². The number of carbonyl (C=O) groups excluding carboxylic acids is 2. The average molecular weight is 357 g/mol. The molecule has 0 bridgehead atoms. The molecule has 0 saturated heterocycles. The van der Waals surface area contributed by atoms with Crippen LogP contribution in [0, 0.1) is 0 Å². The van der Waals surface area contributed by atoms with Gasteiger partial charge >= 0.3 is 11.9 Å². The fraction of sp³-hybridized carbons (Fsp3) is 0.286. The molecule has 2 aliphatic rings. The molecular weight excluding hydrogens is 342 g/mol. The van der Waals surface area contributed by atoms with Crippen LogP contribution in [0.25, 0.3) is 0 Å². The highest BCUT2D eigenvalue weighted by molar-refractivity contribution is 8.29. The molecule has 0 aromatic heterocycles. The molecule has 0 atom stereocenters. The molecule has 8 heteroatoms. The molecule has 0 unspecified atom stereocenters. The van der Waals surface area contributed by atoms with Gasteiger partial charge in [-0.2, -0.15) is 0 Å². The predicted octanol–water partition coefficient (Wildman–Crippen LogP) is 3.25. The highest BCUT2D eigenvalue weighted by Gasteiger charge is 2.32. The van der Waals surface area contributed by atoms with Crippen molar-refractivity contribution in [1.29, 1.82) is 0 Å². The maximum absolute atomic E-state index is 11.8. The minimum Gasteiger partial charge on any atom is -0.465 e. The van der Waals surface area contributed by atoms with Gasteiger partial charge in [-0.15, -0.1) is 0 Å². The smallest absolute Gasteiger partial charge is 0.346 e. The number of hydrogen-bond acceptors (Lipinski definition) is 8. The van der Waals surface area contributed by atoms with Crippen molar-refractivity contribution in [3.8, 4) is 0 Å². The molecule has 2 aliphatic heterocycles. The van der Waals surface area contributed by atoms with Gasteiger partial charge in [-0.3, -0.25) is 0 Å². The van der Waals surface area contributed by atoms with E-state index in [0.29, 0.717) is 0 Å². The number of ether oxygens (including phenoxy) is 2. The van der Waals surface area contributed by atoms with E-state index in [4.69, 9.17) is 9.47 Å². The van der Waals surface area contributed by atoms with E-state index in [1.807, 2.05) is 23.8 Å². The first-order valence-electron chi connectivity index (χ1n) is 6.39. The van der Waals surface area contributed by atoms with E-state index in [1.165, 1.54) is 37.7 Å². The van der Waals surface area contributed by atoms with E-state index in [9.17, 15) is 9.59 Å². The van der Waals surface area contributed by atoms with Gasteiger partial charge in [0.1, 0.15) is 9.81 Å². The van der Waals surface area contributed by atoms with Gasteiger partial charge in [-0.25, -0.2) is 9.59 Å². The van der Waals surface area contributed by atoms with Crippen molar-refractivity contribution >= 4 is 47.2 Å². The minimum atomic E-state index is -0.527. The van der Waals surface area contributed by atoms with Gasteiger partial charge in [0.2, 0.25) is 0 Å². The van der Waals surface area contributed by atoms with Crippen LogP contribution in [0.4, 0.5) is 0 Å². The van der Waals surface area contributed by atoms with Crippen molar-refractivity contribution < 1.29 is 19.1 Å². The standard InChI is InChI=1S/C14H15NO4S3/c1-4-15-7-8-20-9(15)5-6-10-21-11(13(16)18-2)12(22-10)14(17)19-3/h5-8H,4H2,1-3H3/b9-5+. The predicted molar refractivity (Wildman–Crippen MR) is 91.5 cm³/mol. The van der Waals surface area contributed by atoms with Gasteiger partial charge < -0.3 is 14.4 Å². The molecule has 0 aliphatic carbocycles. The van der Waals surface area contributed by atoms with Crippen molar-refractivity contribution in [2.75, 3.05) is 20.8 Å². The summed E-state index contributed by atoms with van der Waals surface area (Å²) in [6, 6.07) is 0. The molecule has 0 spiro atoms. The van der Waals surface area contributed by atoms with Crippen molar-refractivity contribution in [2.24, 2.45) is 0 Å². The lowest BCUT2D eigenvalue weighted by atomic mass is 10.5. The van der Waals surface area contributed by atoms with Crippen LogP contribution in [0.2, 0.25) is 0 Å². The summed E-state index contributed by atoms with van der Waals surface area (Å²) in [5.74, 6) is -1.05. The first-order valence-corrected chi connectivity index (χ1v) is 8.90. The molecule has 0 aromatic carbocycles. The average Bonchev–Trinajstić information content (AvgIpc) is 3.17. The third-order valence-electron chi connectivity index (χ3n) is 2.77. The zero-order valence-electron chi connectivity index (χ0n) is 12.3. The maximum atomic E-state index is 11.8. The summed E-state index contributed by atoms with van der Waals surface area (Å²) >= 11 is 4.07.